The summed E-state index contributed by atoms with van der Waals surface area (Å²) >= 11 is 0. The first-order chi connectivity index (χ1) is 21.1. The summed E-state index contributed by atoms with van der Waals surface area (Å²) in [5.41, 5.74) is 2.48. The van der Waals surface area contributed by atoms with Crippen LogP contribution in [0.2, 0.25) is 0 Å². The molecule has 3 aliphatic rings. The van der Waals surface area contributed by atoms with Crippen LogP contribution in [0.3, 0.4) is 0 Å². The molecule has 0 heterocycles. The molecule has 45 heavy (non-hydrogen) atoms. The number of carbonyl (C=O) groups is 4. The third-order valence-electron chi connectivity index (χ3n) is 9.37. The van der Waals surface area contributed by atoms with Crippen molar-refractivity contribution in [1.29, 1.82) is 0 Å². The summed E-state index contributed by atoms with van der Waals surface area (Å²) in [7, 11) is 8.15. The number of fused-ring (bicyclic) bond motifs is 3. The highest BCUT2D eigenvalue weighted by molar-refractivity contribution is 6.25. The first-order valence-corrected chi connectivity index (χ1v) is 14.5. The molecule has 0 saturated heterocycles. The second-order valence-corrected chi connectivity index (χ2v) is 12.4. The van der Waals surface area contributed by atoms with Crippen molar-refractivity contribution >= 4 is 23.3 Å². The molecule has 0 aromatic heterocycles. The van der Waals surface area contributed by atoms with E-state index in [4.69, 9.17) is 10.5 Å². The van der Waals surface area contributed by atoms with Gasteiger partial charge in [0.2, 0.25) is 5.78 Å². The molecule has 2 aromatic carbocycles. The number of allylic oxidation sites excluding steroid dienone is 1. The zero-order valence-electron chi connectivity index (χ0n) is 25.7. The number of Topliss-reactive ketones (excluding diaryl/α,β-unsaturated/α-hetero) is 3. The van der Waals surface area contributed by atoms with Gasteiger partial charge in [-0.05, 0) is 82.7 Å². The Bertz CT molecular complexity index is 1670. The van der Waals surface area contributed by atoms with Crippen molar-refractivity contribution in [3.63, 3.8) is 0 Å². The molecule has 3 unspecified atom stereocenters. The zero-order valence-corrected chi connectivity index (χ0v) is 25.7. The first-order valence-electron chi connectivity index (χ1n) is 14.5. The maximum atomic E-state index is 14.0. The molecule has 0 fully saturated rings. The predicted molar refractivity (Wildman–Crippen MR) is 162 cm³/mol. The quantitative estimate of drug-likeness (QED) is 0.212. The number of aromatic hydroxyl groups is 1. The Balaban J connectivity index is 1.57. The van der Waals surface area contributed by atoms with Crippen molar-refractivity contribution in [3.8, 4) is 11.5 Å². The highest BCUT2D eigenvalue weighted by Crippen LogP contribution is 2.52. The van der Waals surface area contributed by atoms with E-state index < -0.39 is 75.6 Å². The average molecular weight is 620 g/mol. The standard InChI is InChI=1S/C33H37N3O9/c1-35(2)21(12-15-6-9-18(45-5)10-7-15)26(37)19-11-8-16-13-17-14-20-25(36(3)4)29(40)24(32(34)43)31(42)33(20,44)30(41)23(17)28(39)22(16)27(19)38/h6-11,17,20-21,25,38,40-41,44H,12-14H2,1-5H3,(H2,34,43)/t17?,20?,21?,25-,33-/m0/s1. The van der Waals surface area contributed by atoms with Crippen LogP contribution in [0.5, 0.6) is 11.5 Å². The molecule has 6 N–H and O–H groups in total. The molecule has 0 radical (unpaired) electrons. The Kier molecular flexibility index (Phi) is 8.11. The Labute approximate surface area is 260 Å². The number of aliphatic hydroxyl groups excluding tert-OH is 2. The van der Waals surface area contributed by atoms with E-state index in [1.165, 1.54) is 11.0 Å². The number of primary amides is 1. The molecule has 0 aliphatic heterocycles. The van der Waals surface area contributed by atoms with E-state index in [0.717, 1.165) is 5.56 Å². The van der Waals surface area contributed by atoms with Gasteiger partial charge in [-0.15, -0.1) is 0 Å². The Hall–Kier alpha value is -4.52. The van der Waals surface area contributed by atoms with E-state index in [9.17, 15) is 39.6 Å². The van der Waals surface area contributed by atoms with Gasteiger partial charge in [-0.3, -0.25) is 29.0 Å². The number of methoxy groups -OCH3 is 1. The van der Waals surface area contributed by atoms with Crippen molar-refractivity contribution in [2.45, 2.75) is 36.9 Å². The fraction of sp³-hybridized carbons (Fsp3) is 0.394. The lowest BCUT2D eigenvalue weighted by Gasteiger charge is -2.50. The number of ketones is 3. The fourth-order valence-corrected chi connectivity index (χ4v) is 7.10. The van der Waals surface area contributed by atoms with Crippen LogP contribution in [0.4, 0.5) is 0 Å². The van der Waals surface area contributed by atoms with Gasteiger partial charge in [0.15, 0.2) is 17.2 Å². The third-order valence-corrected chi connectivity index (χ3v) is 9.37. The van der Waals surface area contributed by atoms with Gasteiger partial charge in [0.1, 0.15) is 28.6 Å². The summed E-state index contributed by atoms with van der Waals surface area (Å²) in [6.45, 7) is 0. The van der Waals surface area contributed by atoms with Crippen molar-refractivity contribution < 1.29 is 44.3 Å². The van der Waals surface area contributed by atoms with Crippen LogP contribution in [-0.2, 0) is 22.4 Å². The number of phenols is 1. The van der Waals surface area contributed by atoms with E-state index >= 15 is 0 Å². The van der Waals surface area contributed by atoms with E-state index in [-0.39, 0.29) is 29.5 Å². The number of phenolic OH excluding ortho intramolecular Hbond substituents is 1. The van der Waals surface area contributed by atoms with Crippen LogP contribution in [0.1, 0.15) is 38.3 Å². The minimum atomic E-state index is -2.73. The number of amides is 1. The SMILES string of the molecule is COc1ccc(CC(C(=O)c2ccc3c(c2O)C(=O)C2=C(O)[C@]4(O)C(=O)C(C(N)=O)=C(O)[C@@H](N(C)C)C4CC2C3)N(C)C)cc1. The first kappa shape index (κ1) is 31.9. The van der Waals surface area contributed by atoms with Crippen LogP contribution in [0.15, 0.2) is 59.1 Å². The average Bonchev–Trinajstić information content (AvgIpc) is 2.97. The van der Waals surface area contributed by atoms with Crippen LogP contribution >= 0.6 is 0 Å². The summed E-state index contributed by atoms with van der Waals surface area (Å²) in [5.74, 6) is -7.16. The van der Waals surface area contributed by atoms with E-state index in [1.807, 2.05) is 12.1 Å². The number of aliphatic hydroxyl groups is 3. The van der Waals surface area contributed by atoms with Crippen LogP contribution < -0.4 is 10.5 Å². The highest BCUT2D eigenvalue weighted by Gasteiger charge is 2.63. The number of hydrogen-bond donors (Lipinski definition) is 5. The maximum absolute atomic E-state index is 14.0. The summed E-state index contributed by atoms with van der Waals surface area (Å²) in [5, 5.41) is 45.6. The summed E-state index contributed by atoms with van der Waals surface area (Å²) in [6.07, 6.45) is 0.428. The molecule has 12 nitrogen and oxygen atoms in total. The van der Waals surface area contributed by atoms with Crippen LogP contribution in [0, 0.1) is 11.8 Å². The maximum Gasteiger partial charge on any atom is 0.255 e. The van der Waals surface area contributed by atoms with E-state index in [2.05, 4.69) is 0 Å². The molecule has 12 heteroatoms. The van der Waals surface area contributed by atoms with Crippen molar-refractivity contribution in [2.24, 2.45) is 17.6 Å². The minimum Gasteiger partial charge on any atom is -0.510 e. The second-order valence-electron chi connectivity index (χ2n) is 12.4. The summed E-state index contributed by atoms with van der Waals surface area (Å²) < 4.78 is 5.21. The topological polar surface area (TPSA) is 191 Å². The Morgan fingerprint density at radius 1 is 1.04 bits per heavy atom. The number of ether oxygens (including phenoxy) is 1. The molecular weight excluding hydrogens is 582 g/mol. The number of carbonyl (C=O) groups excluding carboxylic acids is 4. The van der Waals surface area contributed by atoms with Gasteiger partial charge in [-0.1, -0.05) is 18.2 Å². The van der Waals surface area contributed by atoms with Gasteiger partial charge in [0.05, 0.1) is 30.3 Å². The van der Waals surface area contributed by atoms with Gasteiger partial charge < -0.3 is 30.9 Å². The zero-order chi connectivity index (χ0) is 33.1. The Morgan fingerprint density at radius 2 is 1.69 bits per heavy atom. The highest BCUT2D eigenvalue weighted by atomic mass is 16.5. The number of likely N-dealkylation sites (N-methyl/N-ethyl adjacent to an activating group) is 2. The third kappa shape index (κ3) is 4.89. The number of nitrogens with zero attached hydrogens (tertiary/aromatic N) is 2. The molecule has 238 valence electrons. The lowest BCUT2D eigenvalue weighted by Crippen LogP contribution is -2.63. The molecule has 5 rings (SSSR count). The van der Waals surface area contributed by atoms with Gasteiger partial charge in [-0.2, -0.15) is 0 Å². The molecule has 5 atom stereocenters. The molecule has 0 spiro atoms. The molecule has 0 bridgehead atoms. The van der Waals surface area contributed by atoms with E-state index in [1.54, 1.807) is 58.4 Å². The molecule has 3 aliphatic carbocycles. The van der Waals surface area contributed by atoms with Crippen molar-refractivity contribution in [2.75, 3.05) is 35.3 Å². The normalized spacial score (nSPS) is 25.2. The van der Waals surface area contributed by atoms with Crippen molar-refractivity contribution in [1.82, 2.24) is 9.80 Å². The molecule has 2 aromatic rings. The number of nitrogens with two attached hydrogens (primary N) is 1. The van der Waals surface area contributed by atoms with Gasteiger partial charge >= 0.3 is 0 Å². The lowest BCUT2D eigenvalue weighted by molar-refractivity contribution is -0.148. The lowest BCUT2D eigenvalue weighted by atomic mass is 9.58. The predicted octanol–water partition coefficient (Wildman–Crippen LogP) is 1.48. The van der Waals surface area contributed by atoms with Crippen LogP contribution in [0.25, 0.3) is 0 Å². The summed E-state index contributed by atoms with van der Waals surface area (Å²) in [4.78, 5) is 56.7. The van der Waals surface area contributed by atoms with Crippen LogP contribution in [-0.4, -0.2) is 106 Å². The minimum absolute atomic E-state index is 0.0161. The second kappa shape index (κ2) is 11.4. The molecule has 1 amide bonds. The number of benzene rings is 2. The Morgan fingerprint density at radius 3 is 2.24 bits per heavy atom. The largest absolute Gasteiger partial charge is 0.510 e. The molecular formula is C33H37N3O9. The van der Waals surface area contributed by atoms with Crippen molar-refractivity contribution in [3.05, 3.63) is 81.3 Å². The summed E-state index contributed by atoms with van der Waals surface area (Å²) in [6, 6.07) is 8.52. The number of hydrogen-bond acceptors (Lipinski definition) is 11. The fourth-order valence-electron chi connectivity index (χ4n) is 7.10. The molecule has 0 saturated carbocycles. The van der Waals surface area contributed by atoms with Gasteiger partial charge in [0.25, 0.3) is 5.91 Å². The van der Waals surface area contributed by atoms with Gasteiger partial charge in [0, 0.05) is 11.5 Å². The number of rotatable bonds is 8. The van der Waals surface area contributed by atoms with Gasteiger partial charge in [-0.25, -0.2) is 0 Å². The smallest absolute Gasteiger partial charge is 0.255 e. The van der Waals surface area contributed by atoms with E-state index in [0.29, 0.717) is 17.7 Å². The monoisotopic (exact) mass is 619 g/mol.